The van der Waals surface area contributed by atoms with E-state index in [2.05, 4.69) is 15.3 Å². The van der Waals surface area contributed by atoms with Gasteiger partial charge in [-0.25, -0.2) is 9.97 Å². The fourth-order valence-corrected chi connectivity index (χ4v) is 2.57. The van der Waals surface area contributed by atoms with Crippen molar-refractivity contribution < 1.29 is 9.53 Å². The van der Waals surface area contributed by atoms with Crippen molar-refractivity contribution in [3.8, 4) is 17.1 Å². The van der Waals surface area contributed by atoms with Crippen LogP contribution < -0.4 is 10.1 Å². The lowest BCUT2D eigenvalue weighted by atomic mass is 10.1. The molecule has 0 unspecified atom stereocenters. The first-order valence-corrected chi connectivity index (χ1v) is 8.64. The summed E-state index contributed by atoms with van der Waals surface area (Å²) in [4.78, 5) is 21.1. The van der Waals surface area contributed by atoms with Crippen LogP contribution in [0.15, 0.2) is 67.0 Å². The first-order chi connectivity index (χ1) is 12.8. The summed E-state index contributed by atoms with van der Waals surface area (Å²) in [5, 5.41) is 2.92. The van der Waals surface area contributed by atoms with E-state index in [1.54, 1.807) is 24.5 Å². The molecule has 0 atom stereocenters. The lowest BCUT2D eigenvalue weighted by Gasteiger charge is -2.10. The second-order valence-corrected chi connectivity index (χ2v) is 5.72. The van der Waals surface area contributed by atoms with Gasteiger partial charge in [-0.3, -0.25) is 4.79 Å². The molecule has 0 fully saturated rings. The molecule has 5 heteroatoms. The van der Waals surface area contributed by atoms with Crippen molar-refractivity contribution in [2.75, 3.05) is 13.2 Å². The molecular formula is C21H21N3O2. The van der Waals surface area contributed by atoms with Gasteiger partial charge < -0.3 is 10.1 Å². The number of hydrogen-bond acceptors (Lipinski definition) is 4. The summed E-state index contributed by atoms with van der Waals surface area (Å²) in [6.07, 6.45) is 4.27. The molecule has 0 bridgehead atoms. The molecule has 0 aliphatic rings. The van der Waals surface area contributed by atoms with Gasteiger partial charge >= 0.3 is 0 Å². The Labute approximate surface area is 153 Å². The summed E-state index contributed by atoms with van der Waals surface area (Å²) >= 11 is 0. The number of aromatic nitrogens is 2. The Morgan fingerprint density at radius 3 is 2.42 bits per heavy atom. The van der Waals surface area contributed by atoms with Crippen molar-refractivity contribution in [2.45, 2.75) is 13.3 Å². The summed E-state index contributed by atoms with van der Waals surface area (Å²) in [6.45, 7) is 2.93. The summed E-state index contributed by atoms with van der Waals surface area (Å²) in [5.74, 6) is 1.16. The van der Waals surface area contributed by atoms with E-state index in [-0.39, 0.29) is 5.91 Å². The number of para-hydroxylation sites is 1. The first-order valence-electron chi connectivity index (χ1n) is 8.64. The quantitative estimate of drug-likeness (QED) is 0.710. The molecule has 1 aromatic heterocycles. The zero-order chi connectivity index (χ0) is 18.2. The molecule has 132 valence electrons. The van der Waals surface area contributed by atoms with E-state index in [0.29, 0.717) is 36.7 Å². The molecule has 0 aliphatic carbocycles. The van der Waals surface area contributed by atoms with Crippen LogP contribution in [-0.2, 0) is 6.42 Å². The number of nitrogens with zero attached hydrogens (tertiary/aromatic N) is 2. The normalized spacial score (nSPS) is 10.3. The van der Waals surface area contributed by atoms with Crippen molar-refractivity contribution in [3.05, 3.63) is 78.1 Å². The highest BCUT2D eigenvalue weighted by Gasteiger charge is 2.11. The van der Waals surface area contributed by atoms with Gasteiger partial charge in [0.2, 0.25) is 0 Å². The predicted octanol–water partition coefficient (Wildman–Crippen LogP) is 3.51. The van der Waals surface area contributed by atoms with Gasteiger partial charge in [0, 0.05) is 24.5 Å². The van der Waals surface area contributed by atoms with Crippen molar-refractivity contribution in [1.29, 1.82) is 0 Å². The van der Waals surface area contributed by atoms with Crippen molar-refractivity contribution >= 4 is 5.91 Å². The third-order valence-corrected chi connectivity index (χ3v) is 3.87. The van der Waals surface area contributed by atoms with E-state index in [4.69, 9.17) is 4.74 Å². The SMILES string of the molecule is CCOc1ccccc1C(=O)NCCc1cnc(-c2ccccc2)nc1. The highest BCUT2D eigenvalue weighted by atomic mass is 16.5. The first kappa shape index (κ1) is 17.6. The maximum absolute atomic E-state index is 12.3. The summed E-state index contributed by atoms with van der Waals surface area (Å²) < 4.78 is 5.50. The average Bonchev–Trinajstić information content (AvgIpc) is 2.70. The van der Waals surface area contributed by atoms with Gasteiger partial charge in [0.05, 0.1) is 12.2 Å². The Balaban J connectivity index is 1.56. The molecule has 2 aromatic carbocycles. The van der Waals surface area contributed by atoms with Crippen LogP contribution in [0.25, 0.3) is 11.4 Å². The maximum atomic E-state index is 12.3. The Morgan fingerprint density at radius 2 is 1.69 bits per heavy atom. The molecule has 1 N–H and O–H groups in total. The number of nitrogens with one attached hydrogen (secondary N) is 1. The third kappa shape index (κ3) is 4.45. The van der Waals surface area contributed by atoms with Crippen molar-refractivity contribution in [1.82, 2.24) is 15.3 Å². The summed E-state index contributed by atoms with van der Waals surface area (Å²) in [6, 6.07) is 17.1. The van der Waals surface area contributed by atoms with E-state index in [1.807, 2.05) is 49.4 Å². The van der Waals surface area contributed by atoms with E-state index in [0.717, 1.165) is 11.1 Å². The summed E-state index contributed by atoms with van der Waals surface area (Å²) in [7, 11) is 0. The van der Waals surface area contributed by atoms with Gasteiger partial charge in [-0.2, -0.15) is 0 Å². The number of carbonyl (C=O) groups excluding carboxylic acids is 1. The van der Waals surface area contributed by atoms with Crippen LogP contribution in [0.2, 0.25) is 0 Å². The molecule has 0 saturated carbocycles. The fourth-order valence-electron chi connectivity index (χ4n) is 2.57. The molecule has 0 radical (unpaired) electrons. The number of rotatable bonds is 7. The van der Waals surface area contributed by atoms with Gasteiger partial charge in [-0.1, -0.05) is 42.5 Å². The zero-order valence-electron chi connectivity index (χ0n) is 14.7. The molecule has 26 heavy (non-hydrogen) atoms. The van der Waals surface area contributed by atoms with E-state index in [1.165, 1.54) is 0 Å². The molecule has 0 spiro atoms. The Kier molecular flexibility index (Phi) is 5.93. The van der Waals surface area contributed by atoms with Crippen molar-refractivity contribution in [3.63, 3.8) is 0 Å². The Bertz CT molecular complexity index is 849. The highest BCUT2D eigenvalue weighted by Crippen LogP contribution is 2.17. The monoisotopic (exact) mass is 347 g/mol. The fraction of sp³-hybridized carbons (Fsp3) is 0.190. The van der Waals surface area contributed by atoms with Crippen LogP contribution in [0.3, 0.4) is 0 Å². The minimum Gasteiger partial charge on any atom is -0.493 e. The largest absolute Gasteiger partial charge is 0.493 e. The average molecular weight is 347 g/mol. The smallest absolute Gasteiger partial charge is 0.255 e. The number of hydrogen-bond donors (Lipinski definition) is 1. The van der Waals surface area contributed by atoms with Crippen LogP contribution in [0.1, 0.15) is 22.8 Å². The molecule has 5 nitrogen and oxygen atoms in total. The lowest BCUT2D eigenvalue weighted by molar-refractivity contribution is 0.0950. The van der Waals surface area contributed by atoms with Crippen LogP contribution in [0.5, 0.6) is 5.75 Å². The second kappa shape index (κ2) is 8.76. The van der Waals surface area contributed by atoms with Crippen LogP contribution in [0.4, 0.5) is 0 Å². The van der Waals surface area contributed by atoms with Gasteiger partial charge in [-0.05, 0) is 31.0 Å². The second-order valence-electron chi connectivity index (χ2n) is 5.72. The van der Waals surface area contributed by atoms with E-state index < -0.39 is 0 Å². The Hall–Kier alpha value is -3.21. The van der Waals surface area contributed by atoms with Gasteiger partial charge in [0.1, 0.15) is 5.75 Å². The third-order valence-electron chi connectivity index (χ3n) is 3.87. The minimum absolute atomic E-state index is 0.143. The number of carbonyl (C=O) groups is 1. The van der Waals surface area contributed by atoms with Crippen LogP contribution in [-0.4, -0.2) is 29.0 Å². The van der Waals surface area contributed by atoms with Crippen LogP contribution >= 0.6 is 0 Å². The molecule has 1 amide bonds. The molecule has 0 aliphatic heterocycles. The Morgan fingerprint density at radius 1 is 1.00 bits per heavy atom. The van der Waals surface area contributed by atoms with E-state index in [9.17, 15) is 4.79 Å². The molecule has 1 heterocycles. The molecule has 3 rings (SSSR count). The van der Waals surface area contributed by atoms with Gasteiger partial charge in [0.15, 0.2) is 5.82 Å². The maximum Gasteiger partial charge on any atom is 0.255 e. The number of ether oxygens (including phenoxy) is 1. The van der Waals surface area contributed by atoms with Crippen molar-refractivity contribution in [2.24, 2.45) is 0 Å². The standard InChI is InChI=1S/C21H21N3O2/c1-2-26-19-11-7-6-10-18(19)21(25)22-13-12-16-14-23-20(24-15-16)17-8-4-3-5-9-17/h3-11,14-15H,2,12-13H2,1H3,(H,22,25). The van der Waals surface area contributed by atoms with Crippen LogP contribution in [0, 0.1) is 0 Å². The summed E-state index contributed by atoms with van der Waals surface area (Å²) in [5.41, 5.74) is 2.51. The van der Waals surface area contributed by atoms with Gasteiger partial charge in [0.25, 0.3) is 5.91 Å². The molecular weight excluding hydrogens is 326 g/mol. The van der Waals surface area contributed by atoms with Gasteiger partial charge in [-0.15, -0.1) is 0 Å². The molecule has 0 saturated heterocycles. The number of amides is 1. The topological polar surface area (TPSA) is 64.1 Å². The predicted molar refractivity (Wildman–Crippen MR) is 101 cm³/mol. The lowest BCUT2D eigenvalue weighted by Crippen LogP contribution is -2.26. The minimum atomic E-state index is -0.143. The highest BCUT2D eigenvalue weighted by molar-refractivity contribution is 5.96. The molecule has 3 aromatic rings. The zero-order valence-corrected chi connectivity index (χ0v) is 14.7. The number of benzene rings is 2. The van der Waals surface area contributed by atoms with E-state index >= 15 is 0 Å².